The number of benzene rings is 1. The van der Waals surface area contributed by atoms with E-state index in [1.54, 1.807) is 4.90 Å². The van der Waals surface area contributed by atoms with Gasteiger partial charge in [-0.2, -0.15) is 0 Å². The van der Waals surface area contributed by atoms with Gasteiger partial charge in [-0.15, -0.1) is 0 Å². The van der Waals surface area contributed by atoms with Crippen molar-refractivity contribution in [3.05, 3.63) is 35.9 Å². The van der Waals surface area contributed by atoms with Crippen LogP contribution in [0.2, 0.25) is 0 Å². The molecule has 1 aromatic carbocycles. The van der Waals surface area contributed by atoms with E-state index in [0.29, 0.717) is 19.4 Å². The standard InChI is InChI=1S/C18H28N2O2/c1-14(15-10-7-6-8-11-15)20(5)16(21)12-9-13-19-17(22)18(2,3)4/h6-8,10-11,14H,9,12-13H2,1-5H3,(H,19,22)/t14-/m0/s1. The first-order chi connectivity index (χ1) is 10.2. The lowest BCUT2D eigenvalue weighted by atomic mass is 9.96. The zero-order valence-electron chi connectivity index (χ0n) is 14.3. The number of rotatable bonds is 6. The molecule has 1 N–H and O–H groups in total. The maximum Gasteiger partial charge on any atom is 0.225 e. The maximum absolute atomic E-state index is 12.2. The van der Waals surface area contributed by atoms with E-state index in [4.69, 9.17) is 0 Å². The van der Waals surface area contributed by atoms with E-state index in [2.05, 4.69) is 5.32 Å². The highest BCUT2D eigenvalue weighted by Crippen LogP contribution is 2.19. The van der Waals surface area contributed by atoms with Crippen molar-refractivity contribution in [1.29, 1.82) is 0 Å². The molecule has 0 aromatic heterocycles. The monoisotopic (exact) mass is 304 g/mol. The van der Waals surface area contributed by atoms with Crippen LogP contribution in [0.3, 0.4) is 0 Å². The van der Waals surface area contributed by atoms with Gasteiger partial charge in [-0.1, -0.05) is 51.1 Å². The van der Waals surface area contributed by atoms with E-state index in [1.807, 2.05) is 65.1 Å². The molecule has 0 aliphatic rings. The molecule has 4 heteroatoms. The molecule has 0 radical (unpaired) electrons. The van der Waals surface area contributed by atoms with Crippen molar-refractivity contribution in [3.63, 3.8) is 0 Å². The summed E-state index contributed by atoms with van der Waals surface area (Å²) in [6, 6.07) is 10.0. The molecule has 1 rings (SSSR count). The van der Waals surface area contributed by atoms with Crippen LogP contribution in [0.4, 0.5) is 0 Å². The molecule has 22 heavy (non-hydrogen) atoms. The summed E-state index contributed by atoms with van der Waals surface area (Å²) in [5, 5.41) is 2.87. The van der Waals surface area contributed by atoms with Gasteiger partial charge in [0.05, 0.1) is 6.04 Å². The van der Waals surface area contributed by atoms with Crippen LogP contribution in [-0.2, 0) is 9.59 Å². The molecular formula is C18H28N2O2. The lowest BCUT2D eigenvalue weighted by Gasteiger charge is -2.25. The van der Waals surface area contributed by atoms with Gasteiger partial charge in [-0.3, -0.25) is 9.59 Å². The van der Waals surface area contributed by atoms with Gasteiger partial charge in [0.15, 0.2) is 0 Å². The smallest absolute Gasteiger partial charge is 0.225 e. The Hall–Kier alpha value is -1.84. The van der Waals surface area contributed by atoms with E-state index in [1.165, 1.54) is 0 Å². The lowest BCUT2D eigenvalue weighted by molar-refractivity contribution is -0.132. The van der Waals surface area contributed by atoms with Crippen LogP contribution in [0.5, 0.6) is 0 Å². The average Bonchev–Trinajstić information content (AvgIpc) is 2.49. The maximum atomic E-state index is 12.2. The normalized spacial score (nSPS) is 12.6. The second-order valence-electron chi connectivity index (χ2n) is 6.70. The summed E-state index contributed by atoms with van der Waals surface area (Å²) in [5.41, 5.74) is 0.738. The van der Waals surface area contributed by atoms with Gasteiger partial charge in [0.2, 0.25) is 11.8 Å². The summed E-state index contributed by atoms with van der Waals surface area (Å²) in [6.45, 7) is 8.19. The minimum absolute atomic E-state index is 0.0194. The van der Waals surface area contributed by atoms with Gasteiger partial charge >= 0.3 is 0 Å². The molecule has 122 valence electrons. The summed E-state index contributed by atoms with van der Waals surface area (Å²) in [6.07, 6.45) is 1.10. The molecule has 0 aliphatic carbocycles. The number of amides is 2. The fourth-order valence-corrected chi connectivity index (χ4v) is 2.05. The molecule has 0 saturated carbocycles. The Morgan fingerprint density at radius 3 is 2.32 bits per heavy atom. The quantitative estimate of drug-likeness (QED) is 0.821. The summed E-state index contributed by atoms with van der Waals surface area (Å²) >= 11 is 0. The van der Waals surface area contributed by atoms with Gasteiger partial charge < -0.3 is 10.2 Å². The van der Waals surface area contributed by atoms with E-state index in [-0.39, 0.29) is 23.3 Å². The van der Waals surface area contributed by atoms with E-state index in [9.17, 15) is 9.59 Å². The summed E-state index contributed by atoms with van der Waals surface area (Å²) in [4.78, 5) is 25.7. The summed E-state index contributed by atoms with van der Waals surface area (Å²) < 4.78 is 0. The number of hydrogen-bond donors (Lipinski definition) is 1. The number of carbonyl (C=O) groups excluding carboxylic acids is 2. The van der Waals surface area contributed by atoms with Crippen LogP contribution in [0.1, 0.15) is 52.1 Å². The Balaban J connectivity index is 2.38. The SMILES string of the molecule is C[C@@H](c1ccccc1)N(C)C(=O)CCCNC(=O)C(C)(C)C. The highest BCUT2D eigenvalue weighted by atomic mass is 16.2. The van der Waals surface area contributed by atoms with Gasteiger partial charge in [0.25, 0.3) is 0 Å². The molecule has 0 saturated heterocycles. The zero-order valence-corrected chi connectivity index (χ0v) is 14.3. The first kappa shape index (κ1) is 18.2. The number of carbonyl (C=O) groups is 2. The fourth-order valence-electron chi connectivity index (χ4n) is 2.05. The Bertz CT molecular complexity index is 492. The second kappa shape index (κ2) is 7.97. The molecule has 0 fully saturated rings. The van der Waals surface area contributed by atoms with E-state index >= 15 is 0 Å². The van der Waals surface area contributed by atoms with Gasteiger partial charge in [0.1, 0.15) is 0 Å². The minimum Gasteiger partial charge on any atom is -0.356 e. The van der Waals surface area contributed by atoms with Crippen LogP contribution in [0.15, 0.2) is 30.3 Å². The molecule has 0 spiro atoms. The molecular weight excluding hydrogens is 276 g/mol. The van der Waals surface area contributed by atoms with E-state index in [0.717, 1.165) is 5.56 Å². The van der Waals surface area contributed by atoms with Gasteiger partial charge in [0, 0.05) is 25.4 Å². The Labute approximate surface area is 133 Å². The van der Waals surface area contributed by atoms with Crippen LogP contribution in [0, 0.1) is 5.41 Å². The first-order valence-corrected chi connectivity index (χ1v) is 7.82. The highest BCUT2D eigenvalue weighted by molar-refractivity contribution is 5.81. The van der Waals surface area contributed by atoms with Crippen LogP contribution < -0.4 is 5.32 Å². The molecule has 4 nitrogen and oxygen atoms in total. The molecule has 0 bridgehead atoms. The van der Waals surface area contributed by atoms with Crippen molar-refractivity contribution >= 4 is 11.8 Å². The van der Waals surface area contributed by atoms with Gasteiger partial charge in [-0.05, 0) is 18.9 Å². The minimum atomic E-state index is -0.386. The predicted octanol–water partition coefficient (Wildman–Crippen LogP) is 3.15. The van der Waals surface area contributed by atoms with Gasteiger partial charge in [-0.25, -0.2) is 0 Å². The molecule has 0 heterocycles. The van der Waals surface area contributed by atoms with Crippen molar-refractivity contribution in [2.45, 2.75) is 46.6 Å². The molecule has 2 amide bonds. The Morgan fingerprint density at radius 1 is 1.18 bits per heavy atom. The fraction of sp³-hybridized carbons (Fsp3) is 0.556. The van der Waals surface area contributed by atoms with Crippen molar-refractivity contribution < 1.29 is 9.59 Å². The molecule has 0 unspecified atom stereocenters. The topological polar surface area (TPSA) is 49.4 Å². The molecule has 1 atom stereocenters. The van der Waals surface area contributed by atoms with Crippen molar-refractivity contribution in [2.24, 2.45) is 5.41 Å². The van der Waals surface area contributed by atoms with Crippen LogP contribution in [0.25, 0.3) is 0 Å². The van der Waals surface area contributed by atoms with Crippen molar-refractivity contribution in [3.8, 4) is 0 Å². The van der Waals surface area contributed by atoms with Crippen molar-refractivity contribution in [2.75, 3.05) is 13.6 Å². The average molecular weight is 304 g/mol. The Kier molecular flexibility index (Phi) is 6.60. The molecule has 0 aliphatic heterocycles. The third-order valence-electron chi connectivity index (χ3n) is 3.79. The third-order valence-corrected chi connectivity index (χ3v) is 3.79. The predicted molar refractivity (Wildman–Crippen MR) is 89.3 cm³/mol. The largest absolute Gasteiger partial charge is 0.356 e. The zero-order chi connectivity index (χ0) is 16.8. The first-order valence-electron chi connectivity index (χ1n) is 7.82. The highest BCUT2D eigenvalue weighted by Gasteiger charge is 2.21. The van der Waals surface area contributed by atoms with Crippen LogP contribution >= 0.6 is 0 Å². The Morgan fingerprint density at radius 2 is 1.77 bits per heavy atom. The number of nitrogens with one attached hydrogen (secondary N) is 1. The van der Waals surface area contributed by atoms with E-state index < -0.39 is 0 Å². The number of nitrogens with zero attached hydrogens (tertiary/aromatic N) is 1. The third kappa shape index (κ3) is 5.51. The lowest BCUT2D eigenvalue weighted by Crippen LogP contribution is -2.36. The molecule has 1 aromatic rings. The summed E-state index contributed by atoms with van der Waals surface area (Å²) in [7, 11) is 1.83. The van der Waals surface area contributed by atoms with Crippen LogP contribution in [-0.4, -0.2) is 30.3 Å². The second-order valence-corrected chi connectivity index (χ2v) is 6.70. The summed E-state index contributed by atoms with van der Waals surface area (Å²) in [5.74, 6) is 0.118. The van der Waals surface area contributed by atoms with Crippen molar-refractivity contribution in [1.82, 2.24) is 10.2 Å². The number of hydrogen-bond acceptors (Lipinski definition) is 2.